The molecule has 0 bridgehead atoms. The molecule has 1 amide bonds. The van der Waals surface area contributed by atoms with Gasteiger partial charge in [0, 0.05) is 25.9 Å². The standard InChI is InChI=1S/C11H17N5OS/c1-8(2)14-15-10(17)6-18-11-5-9(16(3)4)12-7-13-11/h5,7H,6H2,1-4H3,(H,15,17). The van der Waals surface area contributed by atoms with Crippen molar-refractivity contribution in [2.24, 2.45) is 5.10 Å². The first kappa shape index (κ1) is 14.4. The number of hydrogen-bond acceptors (Lipinski definition) is 6. The van der Waals surface area contributed by atoms with Crippen molar-refractivity contribution in [3.8, 4) is 0 Å². The van der Waals surface area contributed by atoms with E-state index in [0.717, 1.165) is 16.6 Å². The zero-order chi connectivity index (χ0) is 13.5. The molecule has 7 heteroatoms. The molecule has 1 aromatic heterocycles. The van der Waals surface area contributed by atoms with Crippen molar-refractivity contribution in [3.63, 3.8) is 0 Å². The Morgan fingerprint density at radius 3 is 2.78 bits per heavy atom. The SMILES string of the molecule is CC(C)=NNC(=O)CSc1cc(N(C)C)ncn1. The van der Waals surface area contributed by atoms with Gasteiger partial charge in [-0.1, -0.05) is 11.8 Å². The molecule has 6 nitrogen and oxygen atoms in total. The maximum Gasteiger partial charge on any atom is 0.250 e. The smallest absolute Gasteiger partial charge is 0.250 e. The molecule has 0 fully saturated rings. The van der Waals surface area contributed by atoms with Gasteiger partial charge in [-0.25, -0.2) is 15.4 Å². The molecule has 0 spiro atoms. The molecule has 0 saturated heterocycles. The van der Waals surface area contributed by atoms with Gasteiger partial charge in [-0.2, -0.15) is 5.10 Å². The van der Waals surface area contributed by atoms with Gasteiger partial charge in [0.05, 0.1) is 5.75 Å². The third kappa shape index (κ3) is 5.13. The number of hydrazone groups is 1. The van der Waals surface area contributed by atoms with Crippen LogP contribution in [0, 0.1) is 0 Å². The predicted molar refractivity (Wildman–Crippen MR) is 74.0 cm³/mol. The Bertz CT molecular complexity index is 443. The molecule has 1 N–H and O–H groups in total. The van der Waals surface area contributed by atoms with Crippen LogP contribution in [0.2, 0.25) is 0 Å². The third-order valence-corrected chi connectivity index (χ3v) is 2.77. The van der Waals surface area contributed by atoms with Gasteiger partial charge in [0.1, 0.15) is 17.2 Å². The first-order valence-electron chi connectivity index (χ1n) is 5.41. The summed E-state index contributed by atoms with van der Waals surface area (Å²) in [5.41, 5.74) is 3.27. The highest BCUT2D eigenvalue weighted by atomic mass is 32.2. The summed E-state index contributed by atoms with van der Waals surface area (Å²) in [5, 5.41) is 4.61. The van der Waals surface area contributed by atoms with Gasteiger partial charge >= 0.3 is 0 Å². The molecule has 0 atom stereocenters. The van der Waals surface area contributed by atoms with E-state index < -0.39 is 0 Å². The molecule has 0 aromatic carbocycles. The van der Waals surface area contributed by atoms with Gasteiger partial charge in [-0.3, -0.25) is 4.79 Å². The van der Waals surface area contributed by atoms with E-state index in [0.29, 0.717) is 0 Å². The molecular weight excluding hydrogens is 250 g/mol. The van der Waals surface area contributed by atoms with Crippen LogP contribution in [0.15, 0.2) is 22.5 Å². The van der Waals surface area contributed by atoms with Crippen LogP contribution in [0.3, 0.4) is 0 Å². The van der Waals surface area contributed by atoms with Crippen LogP contribution < -0.4 is 10.3 Å². The minimum absolute atomic E-state index is 0.147. The molecule has 1 rings (SSSR count). The summed E-state index contributed by atoms with van der Waals surface area (Å²) in [6.45, 7) is 3.64. The fourth-order valence-electron chi connectivity index (χ4n) is 0.999. The summed E-state index contributed by atoms with van der Waals surface area (Å²) in [4.78, 5) is 21.5. The summed E-state index contributed by atoms with van der Waals surface area (Å²) in [6, 6.07) is 1.84. The molecule has 1 heterocycles. The molecule has 0 radical (unpaired) electrons. The van der Waals surface area contributed by atoms with Crippen molar-refractivity contribution >= 4 is 29.2 Å². The number of aromatic nitrogens is 2. The van der Waals surface area contributed by atoms with Crippen molar-refractivity contribution in [1.29, 1.82) is 0 Å². The lowest BCUT2D eigenvalue weighted by molar-refractivity contribution is -0.118. The van der Waals surface area contributed by atoms with Crippen molar-refractivity contribution in [2.75, 3.05) is 24.7 Å². The Kier molecular flexibility index (Phi) is 5.57. The lowest BCUT2D eigenvalue weighted by atomic mass is 10.5. The van der Waals surface area contributed by atoms with E-state index in [1.54, 1.807) is 0 Å². The van der Waals surface area contributed by atoms with Crippen molar-refractivity contribution in [3.05, 3.63) is 12.4 Å². The van der Waals surface area contributed by atoms with Crippen LogP contribution in [-0.4, -0.2) is 41.4 Å². The first-order chi connectivity index (χ1) is 8.49. The second kappa shape index (κ2) is 6.95. The molecule has 18 heavy (non-hydrogen) atoms. The Morgan fingerprint density at radius 2 is 2.17 bits per heavy atom. The Hall–Kier alpha value is -1.63. The maximum absolute atomic E-state index is 11.4. The summed E-state index contributed by atoms with van der Waals surface area (Å²) in [7, 11) is 3.81. The topological polar surface area (TPSA) is 70.5 Å². The number of rotatable bonds is 5. The molecule has 0 aliphatic heterocycles. The van der Waals surface area contributed by atoms with Gasteiger partial charge in [-0.15, -0.1) is 0 Å². The Labute approximate surface area is 111 Å². The summed E-state index contributed by atoms with van der Waals surface area (Å²) < 4.78 is 0. The number of carbonyl (C=O) groups excluding carboxylic acids is 1. The number of carbonyl (C=O) groups is 1. The number of anilines is 1. The lowest BCUT2D eigenvalue weighted by Crippen LogP contribution is -2.20. The average molecular weight is 267 g/mol. The molecule has 0 aliphatic carbocycles. The molecule has 0 unspecified atom stereocenters. The van der Waals surface area contributed by atoms with E-state index in [1.165, 1.54) is 18.1 Å². The van der Waals surface area contributed by atoms with E-state index in [4.69, 9.17) is 0 Å². The number of nitrogens with one attached hydrogen (secondary N) is 1. The van der Waals surface area contributed by atoms with Crippen molar-refractivity contribution in [1.82, 2.24) is 15.4 Å². The van der Waals surface area contributed by atoms with Gasteiger partial charge in [0.25, 0.3) is 0 Å². The van der Waals surface area contributed by atoms with Crippen LogP contribution >= 0.6 is 11.8 Å². The van der Waals surface area contributed by atoms with E-state index in [1.807, 2.05) is 38.9 Å². The lowest BCUT2D eigenvalue weighted by Gasteiger charge is -2.10. The van der Waals surface area contributed by atoms with Crippen LogP contribution in [0.4, 0.5) is 5.82 Å². The maximum atomic E-state index is 11.4. The molecule has 0 aliphatic rings. The van der Waals surface area contributed by atoms with Crippen LogP contribution in [0.25, 0.3) is 0 Å². The minimum atomic E-state index is -0.147. The highest BCUT2D eigenvalue weighted by molar-refractivity contribution is 7.99. The zero-order valence-corrected chi connectivity index (χ0v) is 11.8. The largest absolute Gasteiger partial charge is 0.363 e. The fraction of sp³-hybridized carbons (Fsp3) is 0.455. The summed E-state index contributed by atoms with van der Waals surface area (Å²) in [5.74, 6) is 0.947. The molecule has 98 valence electrons. The second-order valence-electron chi connectivity index (χ2n) is 3.99. The first-order valence-corrected chi connectivity index (χ1v) is 6.39. The van der Waals surface area contributed by atoms with E-state index >= 15 is 0 Å². The van der Waals surface area contributed by atoms with Gasteiger partial charge < -0.3 is 4.90 Å². The average Bonchev–Trinajstić information content (AvgIpc) is 2.34. The molecule has 1 aromatic rings. The van der Waals surface area contributed by atoms with Gasteiger partial charge in [-0.05, 0) is 13.8 Å². The van der Waals surface area contributed by atoms with Crippen molar-refractivity contribution < 1.29 is 4.79 Å². The summed E-state index contributed by atoms with van der Waals surface area (Å²) >= 11 is 1.35. The number of amides is 1. The molecule has 0 saturated carbocycles. The van der Waals surface area contributed by atoms with E-state index in [9.17, 15) is 4.79 Å². The Morgan fingerprint density at radius 1 is 1.44 bits per heavy atom. The highest BCUT2D eigenvalue weighted by Gasteiger charge is 2.05. The van der Waals surface area contributed by atoms with E-state index in [-0.39, 0.29) is 11.7 Å². The van der Waals surface area contributed by atoms with Gasteiger partial charge in [0.15, 0.2) is 0 Å². The highest BCUT2D eigenvalue weighted by Crippen LogP contribution is 2.17. The number of nitrogens with zero attached hydrogens (tertiary/aromatic N) is 4. The van der Waals surface area contributed by atoms with Crippen molar-refractivity contribution in [2.45, 2.75) is 18.9 Å². The van der Waals surface area contributed by atoms with Crippen LogP contribution in [-0.2, 0) is 4.79 Å². The van der Waals surface area contributed by atoms with E-state index in [2.05, 4.69) is 20.5 Å². The number of hydrogen-bond donors (Lipinski definition) is 1. The number of thioether (sulfide) groups is 1. The minimum Gasteiger partial charge on any atom is -0.363 e. The monoisotopic (exact) mass is 267 g/mol. The van der Waals surface area contributed by atoms with Crippen LogP contribution in [0.5, 0.6) is 0 Å². The summed E-state index contributed by atoms with van der Waals surface area (Å²) in [6.07, 6.45) is 1.49. The van der Waals surface area contributed by atoms with Crippen LogP contribution in [0.1, 0.15) is 13.8 Å². The normalized spacial score (nSPS) is 9.78. The quantitative estimate of drug-likeness (QED) is 0.375. The Balaban J connectivity index is 2.51. The van der Waals surface area contributed by atoms with Gasteiger partial charge in [0.2, 0.25) is 5.91 Å². The predicted octanol–water partition coefficient (Wildman–Crippen LogP) is 1.15. The third-order valence-electron chi connectivity index (χ3n) is 1.84. The second-order valence-corrected chi connectivity index (χ2v) is 4.99. The fourth-order valence-corrected chi connectivity index (χ4v) is 1.65. The molecular formula is C11H17N5OS. The zero-order valence-electron chi connectivity index (χ0n) is 11.0.